The summed E-state index contributed by atoms with van der Waals surface area (Å²) in [7, 11) is 0. The van der Waals surface area contributed by atoms with E-state index in [0.717, 1.165) is 6.20 Å². The second kappa shape index (κ2) is 6.87. The highest BCUT2D eigenvalue weighted by atomic mass is 16.6. The van der Waals surface area contributed by atoms with Crippen LogP contribution in [0, 0.1) is 0 Å². The molecule has 8 nitrogen and oxygen atoms in total. The first-order chi connectivity index (χ1) is 10.1. The predicted molar refractivity (Wildman–Crippen MR) is 73.9 cm³/mol. The summed E-state index contributed by atoms with van der Waals surface area (Å²) in [6, 6.07) is -0.0168. The number of nitrogens with one attached hydrogen (secondary N) is 2. The molecule has 0 unspecified atom stereocenters. The molecule has 2 amide bonds. The van der Waals surface area contributed by atoms with Crippen LogP contribution in [-0.4, -0.2) is 52.6 Å². The SMILES string of the molecule is CCOC(=O)N1CCC(NC(=O)c2c[nH]c(=O)cn2)CC1. The molecule has 0 aliphatic carbocycles. The zero-order valence-electron chi connectivity index (χ0n) is 11.8. The molecular formula is C13H18N4O4. The normalized spacial score (nSPS) is 15.6. The van der Waals surface area contributed by atoms with Gasteiger partial charge in [-0.2, -0.15) is 0 Å². The molecule has 8 heteroatoms. The second-order valence-corrected chi connectivity index (χ2v) is 4.73. The number of carbonyl (C=O) groups excluding carboxylic acids is 2. The molecule has 0 bridgehead atoms. The molecule has 1 aromatic heterocycles. The van der Waals surface area contributed by atoms with Crippen molar-refractivity contribution < 1.29 is 14.3 Å². The maximum absolute atomic E-state index is 11.9. The summed E-state index contributed by atoms with van der Waals surface area (Å²) < 4.78 is 4.93. The molecule has 2 rings (SSSR count). The minimum absolute atomic E-state index is 0.0168. The summed E-state index contributed by atoms with van der Waals surface area (Å²) in [5, 5.41) is 2.84. The maximum atomic E-state index is 11.9. The number of hydrogen-bond acceptors (Lipinski definition) is 5. The molecule has 0 aromatic carbocycles. The van der Waals surface area contributed by atoms with Gasteiger partial charge in [0.05, 0.1) is 12.8 Å². The first-order valence-electron chi connectivity index (χ1n) is 6.87. The van der Waals surface area contributed by atoms with Gasteiger partial charge < -0.3 is 19.9 Å². The number of aromatic amines is 1. The molecule has 1 aliphatic heterocycles. The summed E-state index contributed by atoms with van der Waals surface area (Å²) in [5.41, 5.74) is -0.184. The molecule has 21 heavy (non-hydrogen) atoms. The van der Waals surface area contributed by atoms with E-state index < -0.39 is 0 Å². The van der Waals surface area contributed by atoms with Crippen molar-refractivity contribution in [2.75, 3.05) is 19.7 Å². The molecule has 1 aromatic rings. The molecule has 0 atom stereocenters. The largest absolute Gasteiger partial charge is 0.450 e. The lowest BCUT2D eigenvalue weighted by atomic mass is 10.1. The van der Waals surface area contributed by atoms with Crippen LogP contribution in [-0.2, 0) is 4.74 Å². The Morgan fingerprint density at radius 3 is 2.76 bits per heavy atom. The highest BCUT2D eigenvalue weighted by Crippen LogP contribution is 2.11. The summed E-state index contributed by atoms with van der Waals surface area (Å²) in [6.45, 7) is 3.21. The topological polar surface area (TPSA) is 104 Å². The number of likely N-dealkylation sites (tertiary alicyclic amines) is 1. The van der Waals surface area contributed by atoms with Gasteiger partial charge >= 0.3 is 6.09 Å². The standard InChI is InChI=1S/C13H18N4O4/c1-2-21-13(20)17-5-3-9(4-6-17)16-12(19)10-7-15-11(18)8-14-10/h7-9H,2-6H2,1H3,(H,15,18)(H,16,19). The minimum Gasteiger partial charge on any atom is -0.450 e. The smallest absolute Gasteiger partial charge is 0.409 e. The summed E-state index contributed by atoms with van der Waals surface area (Å²) >= 11 is 0. The average molecular weight is 294 g/mol. The Bertz CT molecular complexity index is 543. The van der Waals surface area contributed by atoms with Crippen molar-refractivity contribution in [3.05, 3.63) is 28.4 Å². The van der Waals surface area contributed by atoms with Crippen molar-refractivity contribution in [3.63, 3.8) is 0 Å². The Morgan fingerprint density at radius 1 is 1.48 bits per heavy atom. The summed E-state index contributed by atoms with van der Waals surface area (Å²) in [6.07, 6.45) is 3.36. The zero-order valence-corrected chi connectivity index (χ0v) is 11.8. The third-order valence-electron chi connectivity index (χ3n) is 3.26. The Labute approximate surface area is 121 Å². The number of piperidine rings is 1. The van der Waals surface area contributed by atoms with Crippen molar-refractivity contribution in [2.24, 2.45) is 0 Å². The van der Waals surface area contributed by atoms with Gasteiger partial charge in [-0.05, 0) is 19.8 Å². The fraction of sp³-hybridized carbons (Fsp3) is 0.538. The van der Waals surface area contributed by atoms with Gasteiger partial charge in [-0.15, -0.1) is 0 Å². The monoisotopic (exact) mass is 294 g/mol. The maximum Gasteiger partial charge on any atom is 0.409 e. The van der Waals surface area contributed by atoms with Crippen molar-refractivity contribution >= 4 is 12.0 Å². The molecular weight excluding hydrogens is 276 g/mol. The molecule has 0 saturated carbocycles. The number of carbonyl (C=O) groups is 2. The van der Waals surface area contributed by atoms with E-state index in [-0.39, 0.29) is 29.3 Å². The first-order valence-corrected chi connectivity index (χ1v) is 6.87. The number of hydrogen-bond donors (Lipinski definition) is 2. The van der Waals surface area contributed by atoms with Crippen LogP contribution in [0.4, 0.5) is 4.79 Å². The van der Waals surface area contributed by atoms with Crippen LogP contribution in [0.25, 0.3) is 0 Å². The molecule has 114 valence electrons. The van der Waals surface area contributed by atoms with Gasteiger partial charge in [0.1, 0.15) is 5.69 Å². The van der Waals surface area contributed by atoms with Gasteiger partial charge in [-0.1, -0.05) is 0 Å². The van der Waals surface area contributed by atoms with Gasteiger partial charge in [0.2, 0.25) is 0 Å². The van der Waals surface area contributed by atoms with Crippen LogP contribution in [0.1, 0.15) is 30.3 Å². The average Bonchev–Trinajstić information content (AvgIpc) is 2.49. The lowest BCUT2D eigenvalue weighted by molar-refractivity contribution is 0.0856. The first kappa shape index (κ1) is 15.0. The van der Waals surface area contributed by atoms with Crippen LogP contribution in [0.15, 0.2) is 17.2 Å². The van der Waals surface area contributed by atoms with E-state index in [1.807, 2.05) is 0 Å². The van der Waals surface area contributed by atoms with Gasteiger partial charge in [0, 0.05) is 25.3 Å². The number of H-pyrrole nitrogens is 1. The van der Waals surface area contributed by atoms with Crippen molar-refractivity contribution in [2.45, 2.75) is 25.8 Å². The third kappa shape index (κ3) is 4.04. The molecule has 1 saturated heterocycles. The quantitative estimate of drug-likeness (QED) is 0.824. The predicted octanol–water partition coefficient (Wildman–Crippen LogP) is 0.121. The fourth-order valence-corrected chi connectivity index (χ4v) is 2.15. The van der Waals surface area contributed by atoms with Crippen LogP contribution >= 0.6 is 0 Å². The van der Waals surface area contributed by atoms with E-state index in [9.17, 15) is 14.4 Å². The molecule has 0 spiro atoms. The third-order valence-corrected chi connectivity index (χ3v) is 3.26. The van der Waals surface area contributed by atoms with Crippen molar-refractivity contribution in [3.8, 4) is 0 Å². The molecule has 2 N–H and O–H groups in total. The van der Waals surface area contributed by atoms with Crippen LogP contribution in [0.3, 0.4) is 0 Å². The number of nitrogens with zero attached hydrogens (tertiary/aromatic N) is 2. The summed E-state index contributed by atoms with van der Waals surface area (Å²) in [4.78, 5) is 42.2. The Balaban J connectivity index is 1.83. The Hall–Kier alpha value is -2.38. The van der Waals surface area contributed by atoms with Gasteiger partial charge in [-0.3, -0.25) is 9.59 Å². The highest BCUT2D eigenvalue weighted by Gasteiger charge is 2.25. The van der Waals surface area contributed by atoms with Crippen molar-refractivity contribution in [1.29, 1.82) is 0 Å². The van der Waals surface area contributed by atoms with E-state index in [4.69, 9.17) is 4.74 Å². The van der Waals surface area contributed by atoms with Crippen LogP contribution < -0.4 is 10.9 Å². The fourth-order valence-electron chi connectivity index (χ4n) is 2.15. The van der Waals surface area contributed by atoms with E-state index >= 15 is 0 Å². The molecule has 2 heterocycles. The Kier molecular flexibility index (Phi) is 4.91. The Morgan fingerprint density at radius 2 is 2.19 bits per heavy atom. The number of ether oxygens (including phenoxy) is 1. The minimum atomic E-state index is -0.353. The number of amides is 2. The highest BCUT2D eigenvalue weighted by molar-refractivity contribution is 5.92. The van der Waals surface area contributed by atoms with E-state index in [1.165, 1.54) is 6.20 Å². The van der Waals surface area contributed by atoms with Crippen LogP contribution in [0.2, 0.25) is 0 Å². The van der Waals surface area contributed by atoms with Gasteiger partial charge in [-0.25, -0.2) is 9.78 Å². The van der Waals surface area contributed by atoms with Gasteiger partial charge in [0.25, 0.3) is 11.5 Å². The molecule has 1 aliphatic rings. The van der Waals surface area contributed by atoms with Crippen molar-refractivity contribution in [1.82, 2.24) is 20.2 Å². The van der Waals surface area contributed by atoms with E-state index in [0.29, 0.717) is 32.5 Å². The molecule has 1 fully saturated rings. The van der Waals surface area contributed by atoms with E-state index in [1.54, 1.807) is 11.8 Å². The number of aromatic nitrogens is 2. The second-order valence-electron chi connectivity index (χ2n) is 4.73. The van der Waals surface area contributed by atoms with Crippen LogP contribution in [0.5, 0.6) is 0 Å². The van der Waals surface area contributed by atoms with E-state index in [2.05, 4.69) is 15.3 Å². The zero-order chi connectivity index (χ0) is 15.2. The lowest BCUT2D eigenvalue weighted by Gasteiger charge is -2.31. The molecule has 0 radical (unpaired) electrons. The lowest BCUT2D eigenvalue weighted by Crippen LogP contribution is -2.46. The summed E-state index contributed by atoms with van der Waals surface area (Å²) in [5.74, 6) is -0.333. The number of rotatable bonds is 3. The van der Waals surface area contributed by atoms with Gasteiger partial charge in [0.15, 0.2) is 0 Å².